The Hall–Kier alpha value is -1.40. The van der Waals surface area contributed by atoms with Crippen LogP contribution in [0.5, 0.6) is 0 Å². The van der Waals surface area contributed by atoms with Crippen LogP contribution < -0.4 is 0 Å². The lowest BCUT2D eigenvalue weighted by Crippen LogP contribution is -2.38. The monoisotopic (exact) mass is 283 g/mol. The minimum Gasteiger partial charge on any atom is -0.478 e. The van der Waals surface area contributed by atoms with Gasteiger partial charge in [0.15, 0.2) is 0 Å². The van der Waals surface area contributed by atoms with Crippen molar-refractivity contribution in [2.75, 3.05) is 19.3 Å². The Bertz CT molecular complexity index is 582. The minimum absolute atomic E-state index is 0.0720. The minimum atomic E-state index is -3.18. The van der Waals surface area contributed by atoms with Crippen molar-refractivity contribution in [1.82, 2.24) is 4.31 Å². The van der Waals surface area contributed by atoms with Crippen LogP contribution in [0.1, 0.15) is 34.7 Å². The molecular weight excluding hydrogens is 266 g/mol. The molecule has 2 rings (SSSR count). The molecule has 104 valence electrons. The Kier molecular flexibility index (Phi) is 3.91. The normalized spacial score (nSPS) is 21.2. The molecule has 1 N–H and O–H groups in total. The van der Waals surface area contributed by atoms with Crippen molar-refractivity contribution in [2.45, 2.75) is 18.8 Å². The van der Waals surface area contributed by atoms with E-state index in [1.165, 1.54) is 10.6 Å². The van der Waals surface area contributed by atoms with Gasteiger partial charge in [-0.05, 0) is 36.5 Å². The van der Waals surface area contributed by atoms with Crippen molar-refractivity contribution in [3.8, 4) is 0 Å². The third kappa shape index (κ3) is 3.33. The molecule has 1 aliphatic heterocycles. The third-order valence-electron chi connectivity index (χ3n) is 3.46. The molecule has 1 saturated heterocycles. The van der Waals surface area contributed by atoms with Gasteiger partial charge in [0.25, 0.3) is 0 Å². The second-order valence-corrected chi connectivity index (χ2v) is 6.87. The number of carboxylic acid groups (broad SMARTS) is 1. The van der Waals surface area contributed by atoms with E-state index >= 15 is 0 Å². The standard InChI is InChI=1S/C13H17NO4S/c1-19(17,18)14-7-3-6-12(9-14)10-4-2-5-11(8-10)13(15)16/h2,4-5,8,12H,3,6-7,9H2,1H3,(H,15,16). The van der Waals surface area contributed by atoms with Crippen LogP contribution in [0.3, 0.4) is 0 Å². The van der Waals surface area contributed by atoms with Gasteiger partial charge in [-0.1, -0.05) is 12.1 Å². The lowest BCUT2D eigenvalue weighted by atomic mass is 9.91. The van der Waals surface area contributed by atoms with Crippen molar-refractivity contribution in [3.63, 3.8) is 0 Å². The molecule has 0 amide bonds. The van der Waals surface area contributed by atoms with Crippen molar-refractivity contribution in [2.24, 2.45) is 0 Å². The Balaban J connectivity index is 2.22. The molecule has 6 heteroatoms. The second kappa shape index (κ2) is 5.30. The van der Waals surface area contributed by atoms with E-state index in [9.17, 15) is 13.2 Å². The topological polar surface area (TPSA) is 74.7 Å². The van der Waals surface area contributed by atoms with Crippen LogP contribution in [-0.2, 0) is 10.0 Å². The number of carboxylic acids is 1. The van der Waals surface area contributed by atoms with Crippen LogP contribution in [0, 0.1) is 0 Å². The number of aromatic carboxylic acids is 1. The van der Waals surface area contributed by atoms with E-state index in [-0.39, 0.29) is 11.5 Å². The maximum absolute atomic E-state index is 11.6. The van der Waals surface area contributed by atoms with Gasteiger partial charge in [-0.25, -0.2) is 17.5 Å². The summed E-state index contributed by atoms with van der Waals surface area (Å²) in [6, 6.07) is 6.75. The molecule has 1 atom stereocenters. The van der Waals surface area contributed by atoms with Gasteiger partial charge in [-0.15, -0.1) is 0 Å². The highest BCUT2D eigenvalue weighted by Gasteiger charge is 2.27. The van der Waals surface area contributed by atoms with Crippen molar-refractivity contribution >= 4 is 16.0 Å². The Labute approximate surface area is 112 Å². The number of sulfonamides is 1. The van der Waals surface area contributed by atoms with Crippen LogP contribution in [0.15, 0.2) is 24.3 Å². The van der Waals surface area contributed by atoms with E-state index in [1.54, 1.807) is 18.2 Å². The van der Waals surface area contributed by atoms with Crippen LogP contribution >= 0.6 is 0 Å². The summed E-state index contributed by atoms with van der Waals surface area (Å²) in [6.45, 7) is 0.982. The summed E-state index contributed by atoms with van der Waals surface area (Å²) >= 11 is 0. The van der Waals surface area contributed by atoms with Crippen LogP contribution in [-0.4, -0.2) is 43.1 Å². The Morgan fingerprint density at radius 1 is 1.42 bits per heavy atom. The number of nitrogens with zero attached hydrogens (tertiary/aromatic N) is 1. The van der Waals surface area contributed by atoms with E-state index in [0.717, 1.165) is 18.4 Å². The predicted octanol–water partition coefficient (Wildman–Crippen LogP) is 1.52. The molecule has 1 fully saturated rings. The maximum Gasteiger partial charge on any atom is 0.335 e. The third-order valence-corrected chi connectivity index (χ3v) is 4.73. The van der Waals surface area contributed by atoms with Crippen LogP contribution in [0.4, 0.5) is 0 Å². The average molecular weight is 283 g/mol. The summed E-state index contributed by atoms with van der Waals surface area (Å²) in [5, 5.41) is 8.98. The molecule has 1 heterocycles. The molecule has 0 aromatic heterocycles. The fourth-order valence-corrected chi connectivity index (χ4v) is 3.35. The summed E-state index contributed by atoms with van der Waals surface area (Å²) < 4.78 is 24.6. The summed E-state index contributed by atoms with van der Waals surface area (Å²) in [7, 11) is -3.18. The Morgan fingerprint density at radius 3 is 2.79 bits per heavy atom. The Morgan fingerprint density at radius 2 is 2.16 bits per heavy atom. The van der Waals surface area contributed by atoms with E-state index < -0.39 is 16.0 Å². The molecule has 1 aromatic carbocycles. The molecule has 5 nitrogen and oxygen atoms in total. The van der Waals surface area contributed by atoms with E-state index in [4.69, 9.17) is 5.11 Å². The zero-order valence-electron chi connectivity index (χ0n) is 10.7. The zero-order valence-corrected chi connectivity index (χ0v) is 11.6. The lowest BCUT2D eigenvalue weighted by Gasteiger charge is -2.31. The highest BCUT2D eigenvalue weighted by atomic mass is 32.2. The SMILES string of the molecule is CS(=O)(=O)N1CCCC(c2cccc(C(=O)O)c2)C1. The summed E-state index contributed by atoms with van der Waals surface area (Å²) in [4.78, 5) is 11.0. The molecule has 19 heavy (non-hydrogen) atoms. The van der Waals surface area contributed by atoms with Crippen molar-refractivity contribution < 1.29 is 18.3 Å². The first-order valence-corrected chi connectivity index (χ1v) is 8.01. The average Bonchev–Trinajstić information content (AvgIpc) is 2.38. The molecule has 1 aliphatic rings. The van der Waals surface area contributed by atoms with Gasteiger partial charge in [0.2, 0.25) is 10.0 Å². The van der Waals surface area contributed by atoms with Gasteiger partial charge in [0, 0.05) is 13.1 Å². The van der Waals surface area contributed by atoms with Crippen molar-refractivity contribution in [1.29, 1.82) is 0 Å². The summed E-state index contributed by atoms with van der Waals surface area (Å²) in [5.74, 6) is -0.889. The van der Waals surface area contributed by atoms with E-state index in [0.29, 0.717) is 13.1 Å². The van der Waals surface area contributed by atoms with Gasteiger partial charge in [-0.3, -0.25) is 0 Å². The van der Waals surface area contributed by atoms with Crippen molar-refractivity contribution in [3.05, 3.63) is 35.4 Å². The second-order valence-electron chi connectivity index (χ2n) is 4.89. The molecule has 1 unspecified atom stereocenters. The first-order valence-electron chi connectivity index (χ1n) is 6.16. The molecule has 0 bridgehead atoms. The first-order chi connectivity index (χ1) is 8.88. The number of benzene rings is 1. The molecule has 0 saturated carbocycles. The van der Waals surface area contributed by atoms with Gasteiger partial charge in [-0.2, -0.15) is 0 Å². The number of hydrogen-bond donors (Lipinski definition) is 1. The lowest BCUT2D eigenvalue weighted by molar-refractivity contribution is 0.0696. The summed E-state index contributed by atoms with van der Waals surface area (Å²) in [5.41, 5.74) is 1.14. The molecule has 0 aliphatic carbocycles. The predicted molar refractivity (Wildman–Crippen MR) is 71.8 cm³/mol. The molecule has 0 radical (unpaired) electrons. The van der Waals surface area contributed by atoms with E-state index in [2.05, 4.69) is 0 Å². The van der Waals surface area contributed by atoms with Gasteiger partial charge in [0.1, 0.15) is 0 Å². The van der Waals surface area contributed by atoms with Crippen LogP contribution in [0.2, 0.25) is 0 Å². The molecular formula is C13H17NO4S. The largest absolute Gasteiger partial charge is 0.478 e. The number of piperidine rings is 1. The van der Waals surface area contributed by atoms with Gasteiger partial charge in [0.05, 0.1) is 11.8 Å². The van der Waals surface area contributed by atoms with E-state index in [1.807, 2.05) is 6.07 Å². The quantitative estimate of drug-likeness (QED) is 0.912. The molecule has 1 aromatic rings. The number of carbonyl (C=O) groups is 1. The number of rotatable bonds is 3. The fraction of sp³-hybridized carbons (Fsp3) is 0.462. The zero-order chi connectivity index (χ0) is 14.0. The fourth-order valence-electron chi connectivity index (χ4n) is 2.44. The maximum atomic E-state index is 11.6. The number of hydrogen-bond acceptors (Lipinski definition) is 3. The van der Waals surface area contributed by atoms with Gasteiger partial charge < -0.3 is 5.11 Å². The van der Waals surface area contributed by atoms with Crippen LogP contribution in [0.25, 0.3) is 0 Å². The van der Waals surface area contributed by atoms with Gasteiger partial charge >= 0.3 is 5.97 Å². The highest BCUT2D eigenvalue weighted by Crippen LogP contribution is 2.28. The summed E-state index contributed by atoms with van der Waals surface area (Å²) in [6.07, 6.45) is 2.90. The highest BCUT2D eigenvalue weighted by molar-refractivity contribution is 7.88. The first kappa shape index (κ1) is 14.0. The smallest absolute Gasteiger partial charge is 0.335 e. The molecule has 0 spiro atoms.